The predicted octanol–water partition coefficient (Wildman–Crippen LogP) is 3.04. The van der Waals surface area contributed by atoms with Gasteiger partial charge in [0.15, 0.2) is 5.16 Å². The molecule has 1 fully saturated rings. The molecule has 0 saturated heterocycles. The largest absolute Gasteiger partial charge is 0.444 e. The summed E-state index contributed by atoms with van der Waals surface area (Å²) in [4.78, 5) is 16.6. The Morgan fingerprint density at radius 1 is 1.44 bits per heavy atom. The van der Waals surface area contributed by atoms with Gasteiger partial charge in [0.2, 0.25) is 11.8 Å². The number of primary amides is 1. The van der Waals surface area contributed by atoms with E-state index in [1.807, 2.05) is 17.5 Å². The number of carbonyl (C=O) groups excluding carboxylic acids is 1. The Morgan fingerprint density at radius 3 is 3.04 bits per heavy atom. The minimum atomic E-state index is -0.316. The summed E-state index contributed by atoms with van der Waals surface area (Å²) in [5.74, 6) is 1.83. The molecular formula is C16H17N5O2S2. The second-order valence-electron chi connectivity index (χ2n) is 5.88. The van der Waals surface area contributed by atoms with E-state index in [9.17, 15) is 4.79 Å². The van der Waals surface area contributed by atoms with Gasteiger partial charge in [-0.15, -0.1) is 21.5 Å². The summed E-state index contributed by atoms with van der Waals surface area (Å²) in [6.45, 7) is 0. The zero-order valence-electron chi connectivity index (χ0n) is 13.4. The molecule has 0 radical (unpaired) electrons. The van der Waals surface area contributed by atoms with Crippen LogP contribution >= 0.6 is 23.1 Å². The molecule has 9 heteroatoms. The van der Waals surface area contributed by atoms with E-state index in [0.29, 0.717) is 30.5 Å². The number of hydrogen-bond acceptors (Lipinski definition) is 7. The molecule has 1 aliphatic carbocycles. The first-order chi connectivity index (χ1) is 12.2. The quantitative estimate of drug-likeness (QED) is 0.608. The smallest absolute Gasteiger partial charge is 0.236 e. The zero-order valence-corrected chi connectivity index (χ0v) is 15.1. The van der Waals surface area contributed by atoms with E-state index in [1.54, 1.807) is 29.4 Å². The Morgan fingerprint density at radius 2 is 2.32 bits per heavy atom. The number of thioether (sulfide) groups is 1. The molecule has 7 nitrogen and oxygen atoms in total. The zero-order chi connectivity index (χ0) is 17.2. The van der Waals surface area contributed by atoms with Gasteiger partial charge in [-0.05, 0) is 24.3 Å². The molecule has 130 valence electrons. The fourth-order valence-corrected chi connectivity index (χ4v) is 4.09. The third-order valence-electron chi connectivity index (χ3n) is 3.88. The highest BCUT2D eigenvalue weighted by molar-refractivity contribution is 7.98. The fraction of sp³-hybridized carbons (Fsp3) is 0.375. The van der Waals surface area contributed by atoms with Gasteiger partial charge in [0.05, 0.1) is 10.6 Å². The van der Waals surface area contributed by atoms with Gasteiger partial charge in [-0.3, -0.25) is 4.79 Å². The van der Waals surface area contributed by atoms with Crippen LogP contribution in [0.2, 0.25) is 0 Å². The standard InChI is InChI=1S/C16H17N5O2S2/c17-13(22)5-6-14-19-20-16(21(14)11-3-4-11)25-9-10-8-23-15(18-10)12-2-1-7-24-12/h1-2,7-8,11H,3-6,9H2,(H2,17,22). The highest BCUT2D eigenvalue weighted by atomic mass is 32.2. The molecule has 0 bridgehead atoms. The first kappa shape index (κ1) is 16.3. The molecular weight excluding hydrogens is 358 g/mol. The van der Waals surface area contributed by atoms with Gasteiger partial charge in [0.1, 0.15) is 12.1 Å². The normalized spacial score (nSPS) is 14.1. The number of aryl methyl sites for hydroxylation is 1. The molecule has 0 spiro atoms. The van der Waals surface area contributed by atoms with E-state index >= 15 is 0 Å². The van der Waals surface area contributed by atoms with Crippen LogP contribution in [0.1, 0.15) is 36.8 Å². The maximum Gasteiger partial charge on any atom is 0.236 e. The van der Waals surface area contributed by atoms with E-state index in [0.717, 1.165) is 34.4 Å². The van der Waals surface area contributed by atoms with Crippen LogP contribution in [0, 0.1) is 0 Å². The molecule has 0 atom stereocenters. The Labute approximate surface area is 152 Å². The van der Waals surface area contributed by atoms with Crippen molar-refractivity contribution in [3.8, 4) is 10.8 Å². The van der Waals surface area contributed by atoms with Crippen molar-refractivity contribution in [3.05, 3.63) is 35.3 Å². The molecule has 1 saturated carbocycles. The van der Waals surface area contributed by atoms with Crippen LogP contribution in [0.5, 0.6) is 0 Å². The van der Waals surface area contributed by atoms with Crippen LogP contribution in [0.3, 0.4) is 0 Å². The maximum absolute atomic E-state index is 11.0. The number of thiophene rings is 1. The lowest BCUT2D eigenvalue weighted by atomic mass is 10.3. The van der Waals surface area contributed by atoms with Crippen molar-refractivity contribution in [1.82, 2.24) is 19.7 Å². The van der Waals surface area contributed by atoms with Gasteiger partial charge in [0.25, 0.3) is 0 Å². The SMILES string of the molecule is NC(=O)CCc1nnc(SCc2coc(-c3cccs3)n2)n1C1CC1. The Balaban J connectivity index is 1.45. The third kappa shape index (κ3) is 3.77. The number of carbonyl (C=O) groups is 1. The number of oxazole rings is 1. The van der Waals surface area contributed by atoms with E-state index < -0.39 is 0 Å². The minimum absolute atomic E-state index is 0.295. The van der Waals surface area contributed by atoms with Crippen LogP contribution in [-0.4, -0.2) is 25.7 Å². The number of rotatable bonds is 8. The van der Waals surface area contributed by atoms with E-state index in [1.165, 1.54) is 0 Å². The monoisotopic (exact) mass is 375 g/mol. The molecule has 25 heavy (non-hydrogen) atoms. The summed E-state index contributed by atoms with van der Waals surface area (Å²) >= 11 is 3.19. The van der Waals surface area contributed by atoms with Crippen LogP contribution in [0.15, 0.2) is 33.3 Å². The maximum atomic E-state index is 11.0. The van der Waals surface area contributed by atoms with Gasteiger partial charge in [-0.25, -0.2) is 4.98 Å². The molecule has 4 rings (SSSR count). The lowest BCUT2D eigenvalue weighted by molar-refractivity contribution is -0.118. The highest BCUT2D eigenvalue weighted by Crippen LogP contribution is 2.39. The second-order valence-corrected chi connectivity index (χ2v) is 7.77. The van der Waals surface area contributed by atoms with Gasteiger partial charge in [0, 0.05) is 24.6 Å². The number of nitrogens with zero attached hydrogens (tertiary/aromatic N) is 4. The summed E-state index contributed by atoms with van der Waals surface area (Å²) in [5, 5.41) is 11.4. The van der Waals surface area contributed by atoms with Crippen molar-refractivity contribution in [2.24, 2.45) is 5.73 Å². The van der Waals surface area contributed by atoms with Crippen molar-refractivity contribution in [2.75, 3.05) is 0 Å². The fourth-order valence-electron chi connectivity index (χ4n) is 2.54. The molecule has 3 heterocycles. The molecule has 2 N–H and O–H groups in total. The van der Waals surface area contributed by atoms with Crippen LogP contribution in [0.25, 0.3) is 10.8 Å². The van der Waals surface area contributed by atoms with E-state index in [-0.39, 0.29) is 5.91 Å². The summed E-state index contributed by atoms with van der Waals surface area (Å²) in [6, 6.07) is 4.41. The molecule has 0 aromatic carbocycles. The van der Waals surface area contributed by atoms with Gasteiger partial charge in [-0.2, -0.15) is 0 Å². The number of aromatic nitrogens is 4. The molecule has 0 aliphatic heterocycles. The first-order valence-corrected chi connectivity index (χ1v) is 9.90. The van der Waals surface area contributed by atoms with Crippen molar-refractivity contribution in [3.63, 3.8) is 0 Å². The molecule has 3 aromatic heterocycles. The van der Waals surface area contributed by atoms with Crippen LogP contribution in [-0.2, 0) is 17.0 Å². The Hall–Kier alpha value is -2.13. The molecule has 1 amide bonds. The van der Waals surface area contributed by atoms with Crippen molar-refractivity contribution < 1.29 is 9.21 Å². The predicted molar refractivity (Wildman–Crippen MR) is 95.2 cm³/mol. The molecule has 1 aliphatic rings. The Kier molecular flexibility index (Phi) is 4.58. The summed E-state index contributed by atoms with van der Waals surface area (Å²) in [7, 11) is 0. The number of nitrogens with two attached hydrogens (primary N) is 1. The average Bonchev–Trinajstić information content (AvgIpc) is 3.05. The van der Waals surface area contributed by atoms with Crippen molar-refractivity contribution in [1.29, 1.82) is 0 Å². The minimum Gasteiger partial charge on any atom is -0.444 e. The Bertz CT molecular complexity index is 867. The number of amides is 1. The van der Waals surface area contributed by atoms with Crippen molar-refractivity contribution >= 4 is 29.0 Å². The summed E-state index contributed by atoms with van der Waals surface area (Å²) in [5.41, 5.74) is 6.12. The number of hydrogen-bond donors (Lipinski definition) is 1. The third-order valence-corrected chi connectivity index (χ3v) is 5.71. The second kappa shape index (κ2) is 7.01. The summed E-state index contributed by atoms with van der Waals surface area (Å²) in [6.07, 6.45) is 4.77. The highest BCUT2D eigenvalue weighted by Gasteiger charge is 2.29. The average molecular weight is 375 g/mol. The summed E-state index contributed by atoms with van der Waals surface area (Å²) < 4.78 is 7.70. The van der Waals surface area contributed by atoms with Gasteiger partial charge in [-0.1, -0.05) is 17.8 Å². The van der Waals surface area contributed by atoms with Gasteiger partial charge < -0.3 is 14.7 Å². The van der Waals surface area contributed by atoms with Gasteiger partial charge >= 0.3 is 0 Å². The van der Waals surface area contributed by atoms with Crippen molar-refractivity contribution in [2.45, 2.75) is 42.6 Å². The topological polar surface area (TPSA) is 99.8 Å². The lowest BCUT2D eigenvalue weighted by Gasteiger charge is -2.07. The lowest BCUT2D eigenvalue weighted by Crippen LogP contribution is -2.13. The first-order valence-electron chi connectivity index (χ1n) is 8.04. The molecule has 0 unspecified atom stereocenters. The van der Waals surface area contributed by atoms with Crippen LogP contribution < -0.4 is 5.73 Å². The van der Waals surface area contributed by atoms with E-state index in [4.69, 9.17) is 10.2 Å². The molecule has 3 aromatic rings. The van der Waals surface area contributed by atoms with E-state index in [2.05, 4.69) is 19.7 Å². The van der Waals surface area contributed by atoms with Crippen LogP contribution in [0.4, 0.5) is 0 Å².